The molecule has 0 radical (unpaired) electrons. The minimum atomic E-state index is 0.706. The number of nitrogens with zero attached hydrogens (tertiary/aromatic N) is 1. The molecule has 2 aromatic carbocycles. The molecule has 3 aromatic rings. The molecule has 0 unspecified atom stereocenters. The van der Waals surface area contributed by atoms with Crippen molar-refractivity contribution < 1.29 is 4.42 Å². The molecular weight excluding hydrogens is 234 g/mol. The smallest absolute Gasteiger partial charge is 0.138 e. The van der Waals surface area contributed by atoms with Crippen LogP contribution < -0.4 is 0 Å². The zero-order chi connectivity index (χ0) is 13.4. The second kappa shape index (κ2) is 4.29. The van der Waals surface area contributed by atoms with Crippen LogP contribution in [0.4, 0.5) is 0 Å². The van der Waals surface area contributed by atoms with E-state index in [9.17, 15) is 0 Å². The number of rotatable bonds is 1. The summed E-state index contributed by atoms with van der Waals surface area (Å²) in [5, 5.41) is 10.1. The molecule has 0 saturated heterocycles. The number of hydrogen-bond acceptors (Lipinski definition) is 2. The summed E-state index contributed by atoms with van der Waals surface area (Å²) in [5.41, 5.74) is 4.74. The SMILES string of the molecule is Cc1cc(-c2oc3ccccc3c2C)ccc1C#N. The van der Waals surface area contributed by atoms with E-state index in [1.54, 1.807) is 0 Å². The standard InChI is InChI=1S/C17H13NO/c1-11-9-13(7-8-14(11)10-18)17-12(2)15-5-3-4-6-16(15)19-17/h3-9H,1-2H3. The van der Waals surface area contributed by atoms with E-state index in [2.05, 4.69) is 19.1 Å². The molecular formula is C17H13NO. The molecule has 19 heavy (non-hydrogen) atoms. The van der Waals surface area contributed by atoms with Gasteiger partial charge in [-0.25, -0.2) is 0 Å². The molecule has 1 aromatic heterocycles. The maximum absolute atomic E-state index is 8.98. The van der Waals surface area contributed by atoms with E-state index in [4.69, 9.17) is 9.68 Å². The van der Waals surface area contributed by atoms with E-state index in [1.165, 1.54) is 0 Å². The number of fused-ring (bicyclic) bond motifs is 1. The normalized spacial score (nSPS) is 10.6. The second-order valence-electron chi connectivity index (χ2n) is 4.69. The van der Waals surface area contributed by atoms with Gasteiger partial charge in [0.25, 0.3) is 0 Å². The van der Waals surface area contributed by atoms with E-state index >= 15 is 0 Å². The van der Waals surface area contributed by atoms with Crippen molar-refractivity contribution in [1.82, 2.24) is 0 Å². The zero-order valence-electron chi connectivity index (χ0n) is 10.9. The van der Waals surface area contributed by atoms with Crippen molar-refractivity contribution in [2.75, 3.05) is 0 Å². The van der Waals surface area contributed by atoms with Gasteiger partial charge >= 0.3 is 0 Å². The van der Waals surface area contributed by atoms with Crippen LogP contribution in [0.1, 0.15) is 16.7 Å². The Hall–Kier alpha value is -2.53. The highest BCUT2D eigenvalue weighted by atomic mass is 16.3. The van der Waals surface area contributed by atoms with Crippen LogP contribution in [0.3, 0.4) is 0 Å². The van der Waals surface area contributed by atoms with E-state index in [0.29, 0.717) is 5.56 Å². The van der Waals surface area contributed by atoms with Crippen molar-refractivity contribution in [2.24, 2.45) is 0 Å². The minimum Gasteiger partial charge on any atom is -0.456 e. The second-order valence-corrected chi connectivity index (χ2v) is 4.69. The van der Waals surface area contributed by atoms with Gasteiger partial charge in [-0.3, -0.25) is 0 Å². The first-order valence-electron chi connectivity index (χ1n) is 6.20. The van der Waals surface area contributed by atoms with Gasteiger partial charge in [-0.05, 0) is 43.7 Å². The molecule has 0 aliphatic heterocycles. The van der Waals surface area contributed by atoms with Gasteiger partial charge in [0.15, 0.2) is 0 Å². The highest BCUT2D eigenvalue weighted by Crippen LogP contribution is 2.33. The molecule has 2 heteroatoms. The zero-order valence-corrected chi connectivity index (χ0v) is 10.9. The molecule has 0 N–H and O–H groups in total. The lowest BCUT2D eigenvalue weighted by molar-refractivity contribution is 0.629. The first-order chi connectivity index (χ1) is 9.20. The number of benzene rings is 2. The number of furan rings is 1. The van der Waals surface area contributed by atoms with Crippen molar-refractivity contribution >= 4 is 11.0 Å². The average Bonchev–Trinajstić information content (AvgIpc) is 2.77. The van der Waals surface area contributed by atoms with Gasteiger partial charge in [0.05, 0.1) is 11.6 Å². The lowest BCUT2D eigenvalue weighted by Gasteiger charge is -2.02. The number of aryl methyl sites for hydroxylation is 2. The van der Waals surface area contributed by atoms with Crippen LogP contribution in [0.5, 0.6) is 0 Å². The van der Waals surface area contributed by atoms with E-state index in [-0.39, 0.29) is 0 Å². The van der Waals surface area contributed by atoms with Crippen molar-refractivity contribution in [1.29, 1.82) is 5.26 Å². The van der Waals surface area contributed by atoms with Gasteiger partial charge in [-0.15, -0.1) is 0 Å². The Bertz CT molecular complexity index is 806. The molecule has 1 heterocycles. The fourth-order valence-corrected chi connectivity index (χ4v) is 2.38. The lowest BCUT2D eigenvalue weighted by atomic mass is 10.0. The largest absolute Gasteiger partial charge is 0.456 e. The van der Waals surface area contributed by atoms with Gasteiger partial charge in [0.1, 0.15) is 11.3 Å². The summed E-state index contributed by atoms with van der Waals surface area (Å²) in [6.45, 7) is 4.01. The first-order valence-corrected chi connectivity index (χ1v) is 6.20. The third-order valence-corrected chi connectivity index (χ3v) is 3.45. The highest BCUT2D eigenvalue weighted by Gasteiger charge is 2.12. The third-order valence-electron chi connectivity index (χ3n) is 3.45. The molecule has 0 aliphatic rings. The molecule has 0 aliphatic carbocycles. The van der Waals surface area contributed by atoms with Crippen LogP contribution in [0.15, 0.2) is 46.9 Å². The van der Waals surface area contributed by atoms with E-state index < -0.39 is 0 Å². The van der Waals surface area contributed by atoms with Gasteiger partial charge in [0.2, 0.25) is 0 Å². The Labute approximate surface area is 111 Å². The maximum Gasteiger partial charge on any atom is 0.138 e. The number of hydrogen-bond donors (Lipinski definition) is 0. The first kappa shape index (κ1) is 11.6. The lowest BCUT2D eigenvalue weighted by Crippen LogP contribution is -1.84. The molecule has 0 saturated carbocycles. The Morgan fingerprint density at radius 1 is 1.05 bits per heavy atom. The quantitative estimate of drug-likeness (QED) is 0.630. The summed E-state index contributed by atoms with van der Waals surface area (Å²) in [7, 11) is 0. The van der Waals surface area contributed by atoms with Crippen molar-refractivity contribution in [3.8, 4) is 17.4 Å². The number of para-hydroxylation sites is 1. The summed E-state index contributed by atoms with van der Waals surface area (Å²) < 4.78 is 5.93. The Kier molecular flexibility index (Phi) is 2.61. The topological polar surface area (TPSA) is 36.9 Å². The molecule has 0 spiro atoms. The Morgan fingerprint density at radius 3 is 2.53 bits per heavy atom. The van der Waals surface area contributed by atoms with Crippen LogP contribution in [0.2, 0.25) is 0 Å². The van der Waals surface area contributed by atoms with Crippen molar-refractivity contribution in [2.45, 2.75) is 13.8 Å². The maximum atomic E-state index is 8.98. The monoisotopic (exact) mass is 247 g/mol. The molecule has 2 nitrogen and oxygen atoms in total. The van der Waals surface area contributed by atoms with E-state index in [0.717, 1.165) is 33.4 Å². The summed E-state index contributed by atoms with van der Waals surface area (Å²) in [6, 6.07) is 16.0. The predicted molar refractivity (Wildman–Crippen MR) is 75.8 cm³/mol. The third kappa shape index (κ3) is 1.80. The molecule has 0 atom stereocenters. The Morgan fingerprint density at radius 2 is 1.84 bits per heavy atom. The van der Waals surface area contributed by atoms with E-state index in [1.807, 2.05) is 43.3 Å². The summed E-state index contributed by atoms with van der Waals surface area (Å²) in [6.07, 6.45) is 0. The Balaban J connectivity index is 2.22. The fourth-order valence-electron chi connectivity index (χ4n) is 2.38. The highest BCUT2D eigenvalue weighted by molar-refractivity contribution is 5.87. The van der Waals surface area contributed by atoms with Crippen LogP contribution in [-0.2, 0) is 0 Å². The summed E-state index contributed by atoms with van der Waals surface area (Å²) >= 11 is 0. The van der Waals surface area contributed by atoms with Gasteiger partial charge < -0.3 is 4.42 Å². The summed E-state index contributed by atoms with van der Waals surface area (Å²) in [4.78, 5) is 0. The predicted octanol–water partition coefficient (Wildman–Crippen LogP) is 4.59. The van der Waals surface area contributed by atoms with Gasteiger partial charge in [0, 0.05) is 16.5 Å². The average molecular weight is 247 g/mol. The van der Waals surface area contributed by atoms with Gasteiger partial charge in [-0.1, -0.05) is 18.2 Å². The number of nitriles is 1. The molecule has 92 valence electrons. The van der Waals surface area contributed by atoms with Crippen LogP contribution in [0, 0.1) is 25.2 Å². The molecule has 0 bridgehead atoms. The van der Waals surface area contributed by atoms with Crippen LogP contribution >= 0.6 is 0 Å². The molecule has 0 fully saturated rings. The van der Waals surface area contributed by atoms with Crippen LogP contribution in [-0.4, -0.2) is 0 Å². The van der Waals surface area contributed by atoms with Gasteiger partial charge in [-0.2, -0.15) is 5.26 Å². The fraction of sp³-hybridized carbons (Fsp3) is 0.118. The summed E-state index contributed by atoms with van der Waals surface area (Å²) in [5.74, 6) is 0.883. The minimum absolute atomic E-state index is 0.706. The van der Waals surface area contributed by atoms with Crippen LogP contribution in [0.25, 0.3) is 22.3 Å². The molecule has 3 rings (SSSR count). The van der Waals surface area contributed by atoms with Crippen molar-refractivity contribution in [3.05, 3.63) is 59.2 Å². The molecule has 0 amide bonds. The van der Waals surface area contributed by atoms with Crippen molar-refractivity contribution in [3.63, 3.8) is 0 Å².